The third kappa shape index (κ3) is 3.06. The summed E-state index contributed by atoms with van der Waals surface area (Å²) in [7, 11) is 0. The molecule has 1 N–H and O–H groups in total. The minimum Gasteiger partial charge on any atom is -0.313 e. The van der Waals surface area contributed by atoms with Gasteiger partial charge in [-0.05, 0) is 31.5 Å². The van der Waals surface area contributed by atoms with Crippen LogP contribution in [0.3, 0.4) is 0 Å². The van der Waals surface area contributed by atoms with Gasteiger partial charge < -0.3 is 5.32 Å². The van der Waals surface area contributed by atoms with Crippen LogP contribution in [0.2, 0.25) is 0 Å². The van der Waals surface area contributed by atoms with Gasteiger partial charge in [-0.1, -0.05) is 13.5 Å². The highest BCUT2D eigenvalue weighted by Crippen LogP contribution is 2.21. The quantitative estimate of drug-likeness (QED) is 0.700. The van der Waals surface area contributed by atoms with Gasteiger partial charge in [0.1, 0.15) is 0 Å². The van der Waals surface area contributed by atoms with Gasteiger partial charge >= 0.3 is 0 Å². The summed E-state index contributed by atoms with van der Waals surface area (Å²) in [4.78, 5) is 5.23. The third-order valence-electron chi connectivity index (χ3n) is 3.74. The second kappa shape index (κ2) is 5.80. The van der Waals surface area contributed by atoms with Crippen molar-refractivity contribution < 1.29 is 0 Å². The van der Waals surface area contributed by atoms with Crippen LogP contribution in [0.25, 0.3) is 0 Å². The molecule has 0 bridgehead atoms. The lowest BCUT2D eigenvalue weighted by Gasteiger charge is -2.37. The first-order chi connectivity index (χ1) is 7.79. The van der Waals surface area contributed by atoms with Crippen LogP contribution in [0, 0.1) is 0 Å². The van der Waals surface area contributed by atoms with E-state index < -0.39 is 0 Å². The number of rotatable bonds is 5. The van der Waals surface area contributed by atoms with Gasteiger partial charge in [0.25, 0.3) is 0 Å². The molecule has 0 saturated carbocycles. The van der Waals surface area contributed by atoms with Gasteiger partial charge in [-0.15, -0.1) is 0 Å². The minimum atomic E-state index is 0.834. The molecule has 0 amide bonds. The van der Waals surface area contributed by atoms with Gasteiger partial charge in [-0.3, -0.25) is 9.80 Å². The van der Waals surface area contributed by atoms with Crippen LogP contribution in [-0.2, 0) is 0 Å². The Bertz CT molecular complexity index is 239. The number of hydrogen-bond acceptors (Lipinski definition) is 3. The van der Waals surface area contributed by atoms with Crippen LogP contribution in [0.5, 0.6) is 0 Å². The van der Waals surface area contributed by atoms with Gasteiger partial charge in [-0.25, -0.2) is 0 Å². The first kappa shape index (κ1) is 12.1. The molecule has 2 fully saturated rings. The molecule has 0 spiro atoms. The van der Waals surface area contributed by atoms with Gasteiger partial charge in [0, 0.05) is 38.8 Å². The predicted octanol–water partition coefficient (Wildman–Crippen LogP) is 0.932. The average molecular weight is 223 g/mol. The van der Waals surface area contributed by atoms with Gasteiger partial charge in [-0.2, -0.15) is 0 Å². The Balaban J connectivity index is 1.72. The van der Waals surface area contributed by atoms with E-state index in [9.17, 15) is 0 Å². The smallest absolute Gasteiger partial charge is 0.0224 e. The standard InChI is InChI=1S/C13H25N3/c1-3-14-9-12(2)10-15-7-8-16-6-4-5-13(16)11-15/h13-14H,2-11H2,1H3. The predicted molar refractivity (Wildman–Crippen MR) is 68.7 cm³/mol. The van der Waals surface area contributed by atoms with Crippen molar-refractivity contribution >= 4 is 0 Å². The van der Waals surface area contributed by atoms with Crippen LogP contribution in [0.15, 0.2) is 12.2 Å². The maximum absolute atomic E-state index is 4.15. The van der Waals surface area contributed by atoms with Gasteiger partial charge in [0.05, 0.1) is 0 Å². The number of fused-ring (bicyclic) bond motifs is 1. The Labute approximate surface area is 99.5 Å². The van der Waals surface area contributed by atoms with Crippen LogP contribution in [0.4, 0.5) is 0 Å². The molecule has 1 atom stereocenters. The van der Waals surface area contributed by atoms with E-state index in [2.05, 4.69) is 28.6 Å². The van der Waals surface area contributed by atoms with E-state index in [1.54, 1.807) is 0 Å². The lowest BCUT2D eigenvalue weighted by atomic mass is 10.1. The van der Waals surface area contributed by atoms with Crippen LogP contribution in [0.1, 0.15) is 19.8 Å². The molecule has 2 saturated heterocycles. The number of piperazine rings is 1. The number of nitrogens with one attached hydrogen (secondary N) is 1. The molecule has 0 aromatic heterocycles. The van der Waals surface area contributed by atoms with E-state index >= 15 is 0 Å². The van der Waals surface area contributed by atoms with Crippen molar-refractivity contribution in [2.75, 3.05) is 45.8 Å². The fraction of sp³-hybridized carbons (Fsp3) is 0.846. The number of nitrogens with zero attached hydrogens (tertiary/aromatic N) is 2. The first-order valence-corrected chi connectivity index (χ1v) is 6.63. The molecular weight excluding hydrogens is 198 g/mol. The highest BCUT2D eigenvalue weighted by molar-refractivity contribution is 5.01. The second-order valence-corrected chi connectivity index (χ2v) is 5.10. The highest BCUT2D eigenvalue weighted by atomic mass is 15.3. The molecule has 0 aliphatic carbocycles. The van der Waals surface area contributed by atoms with E-state index in [1.165, 1.54) is 44.6 Å². The lowest BCUT2D eigenvalue weighted by Crippen LogP contribution is -2.50. The second-order valence-electron chi connectivity index (χ2n) is 5.10. The molecule has 2 aliphatic heterocycles. The Morgan fingerprint density at radius 2 is 2.25 bits per heavy atom. The van der Waals surface area contributed by atoms with Crippen molar-refractivity contribution in [1.82, 2.24) is 15.1 Å². The molecule has 2 aliphatic rings. The molecule has 16 heavy (non-hydrogen) atoms. The molecule has 3 heteroatoms. The molecule has 3 nitrogen and oxygen atoms in total. The zero-order chi connectivity index (χ0) is 11.4. The average Bonchev–Trinajstić information content (AvgIpc) is 2.73. The summed E-state index contributed by atoms with van der Waals surface area (Å²) in [5, 5.41) is 3.35. The molecular formula is C13H25N3. The summed E-state index contributed by atoms with van der Waals surface area (Å²) in [6, 6.07) is 0.834. The summed E-state index contributed by atoms with van der Waals surface area (Å²) in [5.41, 5.74) is 1.33. The molecule has 0 aromatic rings. The van der Waals surface area contributed by atoms with Gasteiger partial charge in [0.2, 0.25) is 0 Å². The fourth-order valence-electron chi connectivity index (χ4n) is 2.87. The maximum Gasteiger partial charge on any atom is 0.0224 e. The lowest BCUT2D eigenvalue weighted by molar-refractivity contribution is 0.111. The first-order valence-electron chi connectivity index (χ1n) is 6.63. The van der Waals surface area contributed by atoms with Crippen molar-refractivity contribution in [3.05, 3.63) is 12.2 Å². The SMILES string of the molecule is C=C(CNCC)CN1CCN2CCCC2C1. The monoisotopic (exact) mass is 223 g/mol. The fourth-order valence-corrected chi connectivity index (χ4v) is 2.87. The van der Waals surface area contributed by atoms with Crippen LogP contribution >= 0.6 is 0 Å². The molecule has 0 aromatic carbocycles. The Kier molecular flexibility index (Phi) is 4.38. The zero-order valence-electron chi connectivity index (χ0n) is 10.5. The largest absolute Gasteiger partial charge is 0.313 e. The van der Waals surface area contributed by atoms with Crippen molar-refractivity contribution in [2.24, 2.45) is 0 Å². The van der Waals surface area contributed by atoms with E-state index in [0.29, 0.717) is 0 Å². The van der Waals surface area contributed by atoms with Crippen molar-refractivity contribution in [1.29, 1.82) is 0 Å². The molecule has 2 heterocycles. The summed E-state index contributed by atoms with van der Waals surface area (Å²) in [6.45, 7) is 14.5. The Morgan fingerprint density at radius 1 is 1.38 bits per heavy atom. The Hall–Kier alpha value is -0.380. The van der Waals surface area contributed by atoms with Crippen LogP contribution in [-0.4, -0.2) is 61.7 Å². The zero-order valence-corrected chi connectivity index (χ0v) is 10.5. The van der Waals surface area contributed by atoms with Crippen LogP contribution < -0.4 is 5.32 Å². The van der Waals surface area contributed by atoms with E-state index in [4.69, 9.17) is 0 Å². The molecule has 2 rings (SSSR count). The summed E-state index contributed by atoms with van der Waals surface area (Å²) in [6.07, 6.45) is 2.80. The topological polar surface area (TPSA) is 18.5 Å². The third-order valence-corrected chi connectivity index (χ3v) is 3.74. The normalized spacial score (nSPS) is 26.9. The maximum atomic E-state index is 4.15. The van der Waals surface area contributed by atoms with Crippen molar-refractivity contribution in [3.8, 4) is 0 Å². The summed E-state index contributed by atoms with van der Waals surface area (Å²) >= 11 is 0. The minimum absolute atomic E-state index is 0.834. The van der Waals surface area contributed by atoms with Gasteiger partial charge in [0.15, 0.2) is 0 Å². The van der Waals surface area contributed by atoms with E-state index in [1.807, 2.05) is 0 Å². The van der Waals surface area contributed by atoms with Crippen molar-refractivity contribution in [2.45, 2.75) is 25.8 Å². The van der Waals surface area contributed by atoms with E-state index in [-0.39, 0.29) is 0 Å². The van der Waals surface area contributed by atoms with Crippen molar-refractivity contribution in [3.63, 3.8) is 0 Å². The molecule has 1 unspecified atom stereocenters. The highest BCUT2D eigenvalue weighted by Gasteiger charge is 2.30. The van der Waals surface area contributed by atoms with E-state index in [0.717, 1.165) is 25.7 Å². The summed E-state index contributed by atoms with van der Waals surface area (Å²) in [5.74, 6) is 0. The summed E-state index contributed by atoms with van der Waals surface area (Å²) < 4.78 is 0. The Morgan fingerprint density at radius 3 is 3.06 bits per heavy atom. The number of likely N-dealkylation sites (N-methyl/N-ethyl adjacent to an activating group) is 1. The number of hydrogen-bond donors (Lipinski definition) is 1. The molecule has 0 radical (unpaired) electrons. The molecule has 92 valence electrons.